The first-order valence-electron chi connectivity index (χ1n) is 7.52. The van der Waals surface area contributed by atoms with Gasteiger partial charge in [-0.3, -0.25) is 9.59 Å². The second-order valence-corrected chi connectivity index (χ2v) is 6.67. The van der Waals surface area contributed by atoms with Crippen LogP contribution in [0.5, 0.6) is 11.5 Å². The van der Waals surface area contributed by atoms with Crippen molar-refractivity contribution >= 4 is 27.8 Å². The molecule has 2 unspecified atom stereocenters. The van der Waals surface area contributed by atoms with E-state index in [9.17, 15) is 19.8 Å². The number of carboxylic acids is 1. The molecular formula is C18H16BrNO5. The van der Waals surface area contributed by atoms with E-state index in [4.69, 9.17) is 4.74 Å². The quantitative estimate of drug-likeness (QED) is 0.818. The maximum Gasteiger partial charge on any atom is 0.313 e. The molecule has 0 radical (unpaired) electrons. The van der Waals surface area contributed by atoms with Gasteiger partial charge in [0, 0.05) is 12.6 Å². The molecule has 130 valence electrons. The van der Waals surface area contributed by atoms with E-state index in [1.807, 2.05) is 0 Å². The van der Waals surface area contributed by atoms with E-state index in [1.165, 1.54) is 12.0 Å². The van der Waals surface area contributed by atoms with Crippen LogP contribution in [0.4, 0.5) is 0 Å². The van der Waals surface area contributed by atoms with Gasteiger partial charge in [-0.1, -0.05) is 18.2 Å². The Bertz CT molecular complexity index is 867. The van der Waals surface area contributed by atoms with E-state index >= 15 is 0 Å². The van der Waals surface area contributed by atoms with Crippen LogP contribution in [0, 0.1) is 0 Å². The van der Waals surface area contributed by atoms with Gasteiger partial charge in [-0.2, -0.15) is 0 Å². The van der Waals surface area contributed by atoms with Gasteiger partial charge >= 0.3 is 5.97 Å². The smallest absolute Gasteiger partial charge is 0.313 e. The fourth-order valence-corrected chi connectivity index (χ4v) is 3.74. The van der Waals surface area contributed by atoms with Gasteiger partial charge in [-0.25, -0.2) is 0 Å². The first-order valence-corrected chi connectivity index (χ1v) is 8.31. The molecule has 2 aromatic carbocycles. The molecule has 1 aliphatic rings. The van der Waals surface area contributed by atoms with E-state index in [0.717, 1.165) is 0 Å². The lowest BCUT2D eigenvalue weighted by atomic mass is 9.80. The Kier molecular flexibility index (Phi) is 4.43. The molecule has 3 rings (SSSR count). The summed E-state index contributed by atoms with van der Waals surface area (Å²) in [6.07, 6.45) is 0. The molecule has 0 saturated heterocycles. The van der Waals surface area contributed by atoms with Crippen molar-refractivity contribution in [3.8, 4) is 11.5 Å². The maximum atomic E-state index is 12.7. The monoisotopic (exact) mass is 405 g/mol. The predicted octanol–water partition coefficient (Wildman–Crippen LogP) is 3.16. The minimum atomic E-state index is -1.03. The van der Waals surface area contributed by atoms with Crippen LogP contribution in [0.1, 0.15) is 33.4 Å². The lowest BCUT2D eigenvalue weighted by molar-refractivity contribution is -0.140. The van der Waals surface area contributed by atoms with Crippen molar-refractivity contribution in [1.82, 2.24) is 4.90 Å². The number of phenolic OH excluding ortho intramolecular Hbond substituents is 1. The number of amides is 1. The number of carbonyl (C=O) groups excluding carboxylic acids is 1. The number of aliphatic carboxylic acids is 1. The van der Waals surface area contributed by atoms with Crippen molar-refractivity contribution < 1.29 is 24.5 Å². The molecule has 7 heteroatoms. The van der Waals surface area contributed by atoms with Crippen molar-refractivity contribution in [2.75, 3.05) is 14.2 Å². The minimum Gasteiger partial charge on any atom is -0.503 e. The molecular weight excluding hydrogens is 390 g/mol. The third-order valence-electron chi connectivity index (χ3n) is 4.46. The van der Waals surface area contributed by atoms with Crippen molar-refractivity contribution in [3.05, 3.63) is 57.6 Å². The highest BCUT2D eigenvalue weighted by atomic mass is 79.9. The first kappa shape index (κ1) is 17.3. The van der Waals surface area contributed by atoms with E-state index < -0.39 is 17.9 Å². The fourth-order valence-electron chi connectivity index (χ4n) is 3.28. The molecule has 0 bridgehead atoms. The van der Waals surface area contributed by atoms with Crippen molar-refractivity contribution in [2.45, 2.75) is 12.0 Å². The lowest BCUT2D eigenvalue weighted by Gasteiger charge is -2.38. The molecule has 0 aromatic heterocycles. The molecule has 6 nitrogen and oxygen atoms in total. The number of carbonyl (C=O) groups is 2. The van der Waals surface area contributed by atoms with Gasteiger partial charge in [0.1, 0.15) is 5.92 Å². The second-order valence-electron chi connectivity index (χ2n) is 5.82. The molecule has 1 heterocycles. The zero-order valence-electron chi connectivity index (χ0n) is 13.6. The summed E-state index contributed by atoms with van der Waals surface area (Å²) in [6.45, 7) is 0. The molecule has 0 fully saturated rings. The molecule has 0 aliphatic carbocycles. The Balaban J connectivity index is 2.23. The Morgan fingerprint density at radius 3 is 2.60 bits per heavy atom. The molecule has 1 amide bonds. The van der Waals surface area contributed by atoms with Crippen LogP contribution in [0.15, 0.2) is 40.9 Å². The van der Waals surface area contributed by atoms with Gasteiger partial charge < -0.3 is 19.8 Å². The Morgan fingerprint density at radius 2 is 1.96 bits per heavy atom. The summed E-state index contributed by atoms with van der Waals surface area (Å²) in [5.41, 5.74) is 1.42. The zero-order valence-corrected chi connectivity index (χ0v) is 15.1. The number of hydrogen-bond acceptors (Lipinski definition) is 4. The number of methoxy groups -OCH3 is 1. The van der Waals surface area contributed by atoms with Gasteiger partial charge in [0.25, 0.3) is 5.91 Å². The average molecular weight is 406 g/mol. The van der Waals surface area contributed by atoms with Gasteiger partial charge in [-0.05, 0) is 45.3 Å². The first-order chi connectivity index (χ1) is 11.9. The van der Waals surface area contributed by atoms with Gasteiger partial charge in [-0.15, -0.1) is 0 Å². The van der Waals surface area contributed by atoms with Crippen molar-refractivity contribution in [1.29, 1.82) is 0 Å². The van der Waals surface area contributed by atoms with Crippen LogP contribution in [0.3, 0.4) is 0 Å². The summed E-state index contributed by atoms with van der Waals surface area (Å²) in [6, 6.07) is 9.16. The summed E-state index contributed by atoms with van der Waals surface area (Å²) >= 11 is 3.25. The molecule has 2 aromatic rings. The number of aromatic hydroxyl groups is 1. The number of likely N-dealkylation sites (N-methyl/N-ethyl adjacent to an activating group) is 1. The summed E-state index contributed by atoms with van der Waals surface area (Å²) in [4.78, 5) is 26.2. The topological polar surface area (TPSA) is 87.1 Å². The van der Waals surface area contributed by atoms with Crippen LogP contribution in [-0.4, -0.2) is 41.1 Å². The summed E-state index contributed by atoms with van der Waals surface area (Å²) in [7, 11) is 2.98. The Morgan fingerprint density at radius 1 is 1.28 bits per heavy atom. The third-order valence-corrected chi connectivity index (χ3v) is 5.06. The van der Waals surface area contributed by atoms with Crippen LogP contribution in [0.25, 0.3) is 0 Å². The van der Waals surface area contributed by atoms with Crippen LogP contribution in [-0.2, 0) is 4.79 Å². The zero-order chi connectivity index (χ0) is 18.3. The molecule has 25 heavy (non-hydrogen) atoms. The fraction of sp³-hybridized carbons (Fsp3) is 0.222. The van der Waals surface area contributed by atoms with Crippen LogP contribution in [0.2, 0.25) is 0 Å². The largest absolute Gasteiger partial charge is 0.503 e. The SMILES string of the molecule is COc1cc(C2C(C(=O)O)c3ccccc3C(=O)N2C)cc(Br)c1O. The van der Waals surface area contributed by atoms with E-state index in [-0.39, 0.29) is 17.4 Å². The minimum absolute atomic E-state index is 0.0803. The van der Waals surface area contributed by atoms with E-state index in [1.54, 1.807) is 43.4 Å². The van der Waals surface area contributed by atoms with Crippen molar-refractivity contribution in [3.63, 3.8) is 0 Å². The van der Waals surface area contributed by atoms with Crippen LogP contribution >= 0.6 is 15.9 Å². The average Bonchev–Trinajstić information content (AvgIpc) is 2.59. The lowest BCUT2D eigenvalue weighted by Crippen LogP contribution is -2.42. The van der Waals surface area contributed by atoms with Gasteiger partial charge in [0.05, 0.1) is 17.6 Å². The van der Waals surface area contributed by atoms with E-state index in [0.29, 0.717) is 21.2 Å². The number of carboxylic acid groups (broad SMARTS) is 1. The number of hydrogen-bond donors (Lipinski definition) is 2. The van der Waals surface area contributed by atoms with E-state index in [2.05, 4.69) is 15.9 Å². The standard InChI is InChI=1S/C18H16BrNO5/c1-20-15(9-7-12(19)16(21)13(8-9)25-2)14(18(23)24)10-5-3-4-6-11(10)17(20)22/h3-8,14-15,21H,1-2H3,(H,23,24). The molecule has 1 aliphatic heterocycles. The highest BCUT2D eigenvalue weighted by molar-refractivity contribution is 9.10. The van der Waals surface area contributed by atoms with Gasteiger partial charge in [0.15, 0.2) is 11.5 Å². The van der Waals surface area contributed by atoms with Crippen LogP contribution < -0.4 is 4.74 Å². The summed E-state index contributed by atoms with van der Waals surface area (Å²) < 4.78 is 5.52. The molecule has 2 atom stereocenters. The third kappa shape index (κ3) is 2.74. The number of benzene rings is 2. The number of rotatable bonds is 3. The molecule has 0 saturated carbocycles. The maximum absolute atomic E-state index is 12.7. The highest BCUT2D eigenvalue weighted by Gasteiger charge is 2.43. The normalized spacial score (nSPS) is 19.5. The Labute approximate surface area is 152 Å². The predicted molar refractivity (Wildman–Crippen MR) is 94.0 cm³/mol. The number of ether oxygens (including phenoxy) is 1. The molecule has 0 spiro atoms. The molecule has 2 N–H and O–H groups in total. The number of fused-ring (bicyclic) bond motifs is 1. The Hall–Kier alpha value is -2.54. The summed E-state index contributed by atoms with van der Waals surface area (Å²) in [5, 5.41) is 19.8. The summed E-state index contributed by atoms with van der Waals surface area (Å²) in [5.74, 6) is -2.09. The second kappa shape index (κ2) is 6.40. The number of nitrogens with zero attached hydrogens (tertiary/aromatic N) is 1. The highest BCUT2D eigenvalue weighted by Crippen LogP contribution is 2.45. The number of phenols is 1. The number of halogens is 1. The van der Waals surface area contributed by atoms with Gasteiger partial charge in [0.2, 0.25) is 0 Å². The van der Waals surface area contributed by atoms with Crippen molar-refractivity contribution in [2.24, 2.45) is 0 Å².